The minimum Gasteiger partial charge on any atom is -0.311 e. The van der Waals surface area contributed by atoms with Gasteiger partial charge in [0.2, 0.25) is 0 Å². The molecule has 2 aliphatic heterocycles. The molecule has 1 saturated carbocycles. The lowest BCUT2D eigenvalue weighted by Crippen LogP contribution is -2.53. The number of hydrogen-bond donors (Lipinski definition) is 1. The molecule has 2 atom stereocenters. The molecule has 1 N–H and O–H groups in total. The molecule has 116 valence electrons. The van der Waals surface area contributed by atoms with Gasteiger partial charge in [0, 0.05) is 24.2 Å². The van der Waals surface area contributed by atoms with Gasteiger partial charge in [0.05, 0.1) is 0 Å². The van der Waals surface area contributed by atoms with Gasteiger partial charge in [0.25, 0.3) is 0 Å². The third-order valence-corrected chi connectivity index (χ3v) is 6.13. The highest BCUT2D eigenvalue weighted by atomic mass is 15.2. The number of nitrogens with zero attached hydrogens (tertiary/aromatic N) is 1. The summed E-state index contributed by atoms with van der Waals surface area (Å²) in [6, 6.07) is 3.23. The van der Waals surface area contributed by atoms with Gasteiger partial charge < -0.3 is 10.2 Å². The van der Waals surface area contributed by atoms with Crippen LogP contribution >= 0.6 is 0 Å². The van der Waals surface area contributed by atoms with Crippen LogP contribution in [0.2, 0.25) is 0 Å². The van der Waals surface area contributed by atoms with Crippen molar-refractivity contribution >= 4 is 0 Å². The van der Waals surface area contributed by atoms with Crippen LogP contribution in [0, 0.1) is 10.8 Å². The molecule has 3 fully saturated rings. The van der Waals surface area contributed by atoms with Crippen molar-refractivity contribution in [3.8, 4) is 0 Å². The summed E-state index contributed by atoms with van der Waals surface area (Å²) in [6.07, 6.45) is 9.72. The smallest absolute Gasteiger partial charge is 0.0125 e. The van der Waals surface area contributed by atoms with Gasteiger partial charge in [-0.25, -0.2) is 0 Å². The fourth-order valence-corrected chi connectivity index (χ4v) is 5.73. The van der Waals surface area contributed by atoms with Gasteiger partial charge in [-0.3, -0.25) is 0 Å². The van der Waals surface area contributed by atoms with E-state index in [1.807, 2.05) is 0 Å². The highest BCUT2D eigenvalue weighted by molar-refractivity contribution is 4.99. The lowest BCUT2D eigenvalue weighted by molar-refractivity contribution is 0.00814. The molecular formula is C18H34N2. The third kappa shape index (κ3) is 3.06. The summed E-state index contributed by atoms with van der Waals surface area (Å²) in [5.41, 5.74) is 1.01. The fraction of sp³-hybridized carbons (Fsp3) is 1.00. The van der Waals surface area contributed by atoms with Crippen LogP contribution in [0.15, 0.2) is 0 Å². The Balaban J connectivity index is 1.68. The van der Waals surface area contributed by atoms with Crippen molar-refractivity contribution in [2.75, 3.05) is 7.05 Å². The van der Waals surface area contributed by atoms with Crippen LogP contribution in [0.25, 0.3) is 0 Å². The first kappa shape index (κ1) is 14.8. The number of hydrogen-bond acceptors (Lipinski definition) is 2. The number of nitrogens with one attached hydrogen (secondary N) is 1. The Morgan fingerprint density at radius 1 is 0.850 bits per heavy atom. The Morgan fingerprint density at radius 3 is 1.85 bits per heavy atom. The first-order valence-electron chi connectivity index (χ1n) is 8.72. The summed E-state index contributed by atoms with van der Waals surface area (Å²) in [5.74, 6) is 0. The summed E-state index contributed by atoms with van der Waals surface area (Å²) in [7, 11) is 2.41. The molecular weight excluding hydrogens is 244 g/mol. The van der Waals surface area contributed by atoms with Crippen LogP contribution in [-0.4, -0.2) is 36.1 Å². The molecule has 2 saturated heterocycles. The summed E-state index contributed by atoms with van der Waals surface area (Å²) in [4.78, 5) is 2.77. The molecule has 20 heavy (non-hydrogen) atoms. The standard InChI is InChI=1S/C18H34N2/c1-17(2)10-16(11-18(3,4)12-17)20(5)15-8-13-6-7-14(9-15)19-13/h13-16,19H,6-12H2,1-5H3. The number of piperidine rings is 1. The highest BCUT2D eigenvalue weighted by Gasteiger charge is 2.43. The molecule has 3 aliphatic rings. The van der Waals surface area contributed by atoms with Gasteiger partial charge in [0.1, 0.15) is 0 Å². The van der Waals surface area contributed by atoms with E-state index >= 15 is 0 Å². The molecule has 0 aromatic rings. The van der Waals surface area contributed by atoms with E-state index in [0.717, 1.165) is 24.2 Å². The molecule has 2 bridgehead atoms. The molecule has 0 spiro atoms. The van der Waals surface area contributed by atoms with E-state index in [0.29, 0.717) is 10.8 Å². The van der Waals surface area contributed by atoms with Crippen LogP contribution < -0.4 is 5.32 Å². The SMILES string of the molecule is CN(C1CC2CCC(C1)N2)C1CC(C)(C)CC(C)(C)C1. The van der Waals surface area contributed by atoms with E-state index in [4.69, 9.17) is 0 Å². The van der Waals surface area contributed by atoms with Crippen molar-refractivity contribution in [3.63, 3.8) is 0 Å². The Bertz CT molecular complexity index is 332. The Hall–Kier alpha value is -0.0800. The van der Waals surface area contributed by atoms with E-state index in [1.54, 1.807) is 0 Å². The first-order valence-corrected chi connectivity index (χ1v) is 8.72. The normalized spacial score (nSPS) is 40.2. The number of rotatable bonds is 2. The summed E-state index contributed by atoms with van der Waals surface area (Å²) < 4.78 is 0. The van der Waals surface area contributed by atoms with Gasteiger partial charge in [-0.1, -0.05) is 27.7 Å². The Morgan fingerprint density at radius 2 is 1.35 bits per heavy atom. The van der Waals surface area contributed by atoms with Gasteiger partial charge in [-0.2, -0.15) is 0 Å². The lowest BCUT2D eigenvalue weighted by atomic mass is 9.63. The molecule has 2 nitrogen and oxygen atoms in total. The highest BCUT2D eigenvalue weighted by Crippen LogP contribution is 2.47. The molecule has 0 amide bonds. The van der Waals surface area contributed by atoms with Crippen LogP contribution in [-0.2, 0) is 0 Å². The second-order valence-electron chi connectivity index (χ2n) is 9.50. The summed E-state index contributed by atoms with van der Waals surface area (Å²) >= 11 is 0. The zero-order chi connectivity index (χ0) is 14.5. The summed E-state index contributed by atoms with van der Waals surface area (Å²) in [6.45, 7) is 9.89. The van der Waals surface area contributed by atoms with Crippen LogP contribution in [0.3, 0.4) is 0 Å². The second kappa shape index (κ2) is 4.98. The van der Waals surface area contributed by atoms with Crippen LogP contribution in [0.4, 0.5) is 0 Å². The van der Waals surface area contributed by atoms with Gasteiger partial charge in [0.15, 0.2) is 0 Å². The zero-order valence-electron chi connectivity index (χ0n) is 14.2. The van der Waals surface area contributed by atoms with Gasteiger partial charge in [-0.15, -0.1) is 0 Å². The minimum atomic E-state index is 0.507. The predicted molar refractivity (Wildman–Crippen MR) is 85.9 cm³/mol. The lowest BCUT2D eigenvalue weighted by Gasteiger charge is -2.50. The predicted octanol–water partition coefficient (Wildman–Crippen LogP) is 3.81. The quantitative estimate of drug-likeness (QED) is 0.826. The van der Waals surface area contributed by atoms with Crippen molar-refractivity contribution in [2.24, 2.45) is 10.8 Å². The topological polar surface area (TPSA) is 15.3 Å². The average Bonchev–Trinajstić information content (AvgIpc) is 2.63. The third-order valence-electron chi connectivity index (χ3n) is 6.13. The molecule has 0 radical (unpaired) electrons. The van der Waals surface area contributed by atoms with Gasteiger partial charge >= 0.3 is 0 Å². The van der Waals surface area contributed by atoms with Crippen LogP contribution in [0.5, 0.6) is 0 Å². The zero-order valence-corrected chi connectivity index (χ0v) is 14.2. The van der Waals surface area contributed by atoms with Gasteiger partial charge in [-0.05, 0) is 62.8 Å². The van der Waals surface area contributed by atoms with Crippen molar-refractivity contribution in [3.05, 3.63) is 0 Å². The van der Waals surface area contributed by atoms with E-state index in [-0.39, 0.29) is 0 Å². The molecule has 0 aromatic heterocycles. The molecule has 2 unspecified atom stereocenters. The Kier molecular flexibility index (Phi) is 3.70. The second-order valence-corrected chi connectivity index (χ2v) is 9.50. The molecule has 3 rings (SSSR count). The van der Waals surface area contributed by atoms with Crippen molar-refractivity contribution in [1.82, 2.24) is 10.2 Å². The largest absolute Gasteiger partial charge is 0.311 e. The molecule has 1 aliphatic carbocycles. The van der Waals surface area contributed by atoms with Crippen molar-refractivity contribution < 1.29 is 0 Å². The Labute approximate surface area is 125 Å². The van der Waals surface area contributed by atoms with Crippen LogP contribution in [0.1, 0.15) is 72.6 Å². The first-order chi connectivity index (χ1) is 9.24. The maximum atomic E-state index is 3.78. The van der Waals surface area contributed by atoms with E-state index in [9.17, 15) is 0 Å². The maximum Gasteiger partial charge on any atom is 0.0125 e. The molecule has 0 aromatic carbocycles. The molecule has 2 heteroatoms. The minimum absolute atomic E-state index is 0.507. The fourth-order valence-electron chi connectivity index (χ4n) is 5.73. The summed E-state index contributed by atoms with van der Waals surface area (Å²) in [5, 5.41) is 3.78. The van der Waals surface area contributed by atoms with Crippen molar-refractivity contribution in [2.45, 2.75) is 96.8 Å². The van der Waals surface area contributed by atoms with E-state index in [2.05, 4.69) is 45.0 Å². The van der Waals surface area contributed by atoms with Crippen molar-refractivity contribution in [1.29, 1.82) is 0 Å². The maximum absolute atomic E-state index is 3.78. The average molecular weight is 278 g/mol. The molecule has 2 heterocycles. The number of fused-ring (bicyclic) bond motifs is 2. The van der Waals surface area contributed by atoms with E-state index < -0.39 is 0 Å². The monoisotopic (exact) mass is 278 g/mol. The van der Waals surface area contributed by atoms with E-state index in [1.165, 1.54) is 44.9 Å².